The molecule has 0 saturated heterocycles. The van der Waals surface area contributed by atoms with Crippen LogP contribution in [-0.2, 0) is 17.6 Å². The summed E-state index contributed by atoms with van der Waals surface area (Å²) in [4.78, 5) is 31.3. The summed E-state index contributed by atoms with van der Waals surface area (Å²) in [5.41, 5.74) is 4.67. The van der Waals surface area contributed by atoms with Gasteiger partial charge in [-0.15, -0.1) is 0 Å². The highest BCUT2D eigenvalue weighted by Gasteiger charge is 2.38. The molecule has 5 nitrogen and oxygen atoms in total. The van der Waals surface area contributed by atoms with Crippen molar-refractivity contribution in [3.8, 4) is 0 Å². The van der Waals surface area contributed by atoms with E-state index in [-0.39, 0.29) is 11.8 Å². The Bertz CT molecular complexity index is 1250. The fourth-order valence-electron chi connectivity index (χ4n) is 4.34. The molecule has 0 fully saturated rings. The molecule has 154 valence electrons. The van der Waals surface area contributed by atoms with Crippen LogP contribution >= 0.6 is 0 Å². The van der Waals surface area contributed by atoms with Gasteiger partial charge in [-0.1, -0.05) is 54.6 Å². The van der Waals surface area contributed by atoms with Crippen molar-refractivity contribution in [1.82, 2.24) is 10.3 Å². The van der Waals surface area contributed by atoms with Crippen molar-refractivity contribution in [1.29, 1.82) is 0 Å². The first kappa shape index (κ1) is 19.1. The summed E-state index contributed by atoms with van der Waals surface area (Å²) >= 11 is 0. The minimum atomic E-state index is -0.548. The van der Waals surface area contributed by atoms with E-state index in [2.05, 4.69) is 16.4 Å². The Kier molecular flexibility index (Phi) is 5.00. The van der Waals surface area contributed by atoms with E-state index < -0.39 is 6.04 Å². The van der Waals surface area contributed by atoms with Crippen LogP contribution in [0.5, 0.6) is 0 Å². The van der Waals surface area contributed by atoms with E-state index in [9.17, 15) is 9.59 Å². The molecule has 0 unspecified atom stereocenters. The van der Waals surface area contributed by atoms with Crippen LogP contribution in [0.15, 0.2) is 85.1 Å². The molecule has 31 heavy (non-hydrogen) atoms. The van der Waals surface area contributed by atoms with Crippen molar-refractivity contribution >= 4 is 28.4 Å². The average Bonchev–Trinajstić information content (AvgIpc) is 3.41. The van der Waals surface area contributed by atoms with Crippen molar-refractivity contribution in [2.45, 2.75) is 18.9 Å². The summed E-state index contributed by atoms with van der Waals surface area (Å²) in [5, 5.41) is 4.22. The van der Waals surface area contributed by atoms with E-state index in [1.165, 1.54) is 10.9 Å². The number of rotatable bonds is 5. The van der Waals surface area contributed by atoms with Crippen LogP contribution in [-0.4, -0.2) is 29.4 Å². The van der Waals surface area contributed by atoms with Gasteiger partial charge in [0.25, 0.3) is 5.91 Å². The highest BCUT2D eigenvalue weighted by molar-refractivity contribution is 6.11. The van der Waals surface area contributed by atoms with Gasteiger partial charge in [0.15, 0.2) is 0 Å². The number of carbonyl (C=O) groups excluding carboxylic acids is 2. The number of hydrogen-bond donors (Lipinski definition) is 2. The van der Waals surface area contributed by atoms with E-state index in [0.29, 0.717) is 18.5 Å². The summed E-state index contributed by atoms with van der Waals surface area (Å²) in [6, 6.07) is 24.5. The topological polar surface area (TPSA) is 65.2 Å². The second kappa shape index (κ2) is 8.11. The summed E-state index contributed by atoms with van der Waals surface area (Å²) in [5.74, 6) is -0.275. The third kappa shape index (κ3) is 3.59. The van der Waals surface area contributed by atoms with E-state index in [1.807, 2.05) is 66.9 Å². The first-order chi connectivity index (χ1) is 15.2. The van der Waals surface area contributed by atoms with Gasteiger partial charge in [-0.05, 0) is 41.8 Å². The smallest absolute Gasteiger partial charge is 0.259 e. The van der Waals surface area contributed by atoms with Gasteiger partial charge in [-0.25, -0.2) is 0 Å². The number of amides is 2. The lowest BCUT2D eigenvalue weighted by Crippen LogP contribution is -2.48. The molecule has 5 rings (SSSR count). The lowest BCUT2D eigenvalue weighted by molar-refractivity contribution is -0.122. The Hall–Kier alpha value is -3.86. The first-order valence-corrected chi connectivity index (χ1v) is 10.5. The molecule has 3 aromatic carbocycles. The summed E-state index contributed by atoms with van der Waals surface area (Å²) < 4.78 is 0. The van der Waals surface area contributed by atoms with Crippen molar-refractivity contribution < 1.29 is 9.59 Å². The Morgan fingerprint density at radius 3 is 2.55 bits per heavy atom. The van der Waals surface area contributed by atoms with Gasteiger partial charge in [0.2, 0.25) is 5.91 Å². The maximum atomic E-state index is 13.3. The number of hydrogen-bond acceptors (Lipinski definition) is 2. The Balaban J connectivity index is 1.33. The van der Waals surface area contributed by atoms with Gasteiger partial charge < -0.3 is 10.3 Å². The molecular formula is C26H23N3O2. The average molecular weight is 409 g/mol. The van der Waals surface area contributed by atoms with E-state index >= 15 is 0 Å². The number of para-hydroxylation sites is 2. The highest BCUT2D eigenvalue weighted by atomic mass is 16.2. The largest absolute Gasteiger partial charge is 0.361 e. The maximum absolute atomic E-state index is 13.3. The number of nitrogens with one attached hydrogen (secondary N) is 2. The van der Waals surface area contributed by atoms with Crippen LogP contribution in [0.3, 0.4) is 0 Å². The number of nitrogens with zero attached hydrogens (tertiary/aromatic N) is 1. The van der Waals surface area contributed by atoms with Gasteiger partial charge in [-0.3, -0.25) is 14.5 Å². The number of anilines is 1. The number of aromatic nitrogens is 1. The van der Waals surface area contributed by atoms with Gasteiger partial charge in [0.05, 0.1) is 0 Å². The molecule has 1 aliphatic rings. The summed E-state index contributed by atoms with van der Waals surface area (Å²) in [6.45, 7) is 0.515. The minimum Gasteiger partial charge on any atom is -0.361 e. The highest BCUT2D eigenvalue weighted by Crippen LogP contribution is 2.33. The monoisotopic (exact) mass is 409 g/mol. The quantitative estimate of drug-likeness (QED) is 0.521. The second-order valence-electron chi connectivity index (χ2n) is 7.79. The molecule has 2 heterocycles. The lowest BCUT2D eigenvalue weighted by Gasteiger charge is -2.25. The van der Waals surface area contributed by atoms with E-state index in [4.69, 9.17) is 0 Å². The molecular weight excluding hydrogens is 386 g/mol. The first-order valence-electron chi connectivity index (χ1n) is 10.5. The Morgan fingerprint density at radius 1 is 0.935 bits per heavy atom. The maximum Gasteiger partial charge on any atom is 0.259 e. The molecule has 1 atom stereocenters. The predicted octanol–water partition coefficient (Wildman–Crippen LogP) is 4.10. The van der Waals surface area contributed by atoms with E-state index in [1.54, 1.807) is 17.0 Å². The van der Waals surface area contributed by atoms with Crippen LogP contribution in [0.1, 0.15) is 21.5 Å². The summed E-state index contributed by atoms with van der Waals surface area (Å²) in [6.07, 6.45) is 3.24. The molecule has 0 radical (unpaired) electrons. The molecule has 1 aromatic heterocycles. The zero-order valence-electron chi connectivity index (χ0n) is 17.0. The zero-order valence-corrected chi connectivity index (χ0v) is 17.0. The van der Waals surface area contributed by atoms with Crippen LogP contribution in [0.25, 0.3) is 10.9 Å². The molecule has 2 N–H and O–H groups in total. The van der Waals surface area contributed by atoms with Crippen molar-refractivity contribution in [2.75, 3.05) is 11.4 Å². The normalized spacial score (nSPS) is 15.1. The van der Waals surface area contributed by atoms with Crippen LogP contribution in [0, 0.1) is 0 Å². The molecule has 5 heteroatoms. The predicted molar refractivity (Wildman–Crippen MR) is 122 cm³/mol. The second-order valence-corrected chi connectivity index (χ2v) is 7.79. The van der Waals surface area contributed by atoms with Crippen molar-refractivity contribution in [3.05, 3.63) is 102 Å². The standard InChI is InChI=1S/C26H23N3O2/c30-25(27-15-14-20-17-28-22-12-6-5-11-21(20)22)24-16-19-10-4-7-13-23(19)29(24)26(31)18-8-2-1-3-9-18/h1-13,17,24,28H,14-16H2,(H,27,30)/t24-/m0/s1. The van der Waals surface area contributed by atoms with Gasteiger partial charge in [0, 0.05) is 41.3 Å². The minimum absolute atomic E-state index is 0.125. The Labute approximate surface area is 180 Å². The molecule has 2 amide bonds. The number of H-pyrrole nitrogens is 1. The number of aromatic amines is 1. The van der Waals surface area contributed by atoms with Crippen molar-refractivity contribution in [3.63, 3.8) is 0 Å². The molecule has 0 aliphatic carbocycles. The number of carbonyl (C=O) groups is 2. The Morgan fingerprint density at radius 2 is 1.68 bits per heavy atom. The third-order valence-electron chi connectivity index (χ3n) is 5.89. The van der Waals surface area contributed by atoms with Crippen LogP contribution in [0.2, 0.25) is 0 Å². The number of benzene rings is 3. The SMILES string of the molecule is O=C(NCCc1c[nH]c2ccccc12)[C@@H]1Cc2ccccc2N1C(=O)c1ccccc1. The fourth-order valence-corrected chi connectivity index (χ4v) is 4.34. The van der Waals surface area contributed by atoms with Gasteiger partial charge >= 0.3 is 0 Å². The third-order valence-corrected chi connectivity index (χ3v) is 5.89. The van der Waals surface area contributed by atoms with Gasteiger partial charge in [0.1, 0.15) is 6.04 Å². The van der Waals surface area contributed by atoms with Crippen LogP contribution < -0.4 is 10.2 Å². The molecule has 0 saturated carbocycles. The summed E-state index contributed by atoms with van der Waals surface area (Å²) in [7, 11) is 0. The molecule has 0 bridgehead atoms. The molecule has 0 spiro atoms. The van der Waals surface area contributed by atoms with Gasteiger partial charge in [-0.2, -0.15) is 0 Å². The molecule has 1 aliphatic heterocycles. The number of fused-ring (bicyclic) bond motifs is 2. The zero-order chi connectivity index (χ0) is 21.2. The lowest BCUT2D eigenvalue weighted by atomic mass is 10.1. The van der Waals surface area contributed by atoms with Crippen molar-refractivity contribution in [2.24, 2.45) is 0 Å². The van der Waals surface area contributed by atoms with Crippen LogP contribution in [0.4, 0.5) is 5.69 Å². The molecule has 4 aromatic rings. The van der Waals surface area contributed by atoms with E-state index in [0.717, 1.165) is 23.2 Å². The fraction of sp³-hybridized carbons (Fsp3) is 0.154.